The van der Waals surface area contributed by atoms with Crippen LogP contribution in [0.1, 0.15) is 36.0 Å². The molecule has 3 aromatic rings. The molecule has 0 amide bonds. The minimum atomic E-state index is -3.77. The normalized spacial score (nSPS) is 19.8. The average molecular weight is 430 g/mol. The van der Waals surface area contributed by atoms with Crippen molar-refractivity contribution in [1.82, 2.24) is 19.6 Å². The summed E-state index contributed by atoms with van der Waals surface area (Å²) in [7, 11) is -3.77. The lowest BCUT2D eigenvalue weighted by Crippen LogP contribution is -2.42. The molecule has 1 aromatic carbocycles. The van der Waals surface area contributed by atoms with E-state index in [1.165, 1.54) is 24.4 Å². The van der Waals surface area contributed by atoms with Crippen LogP contribution in [-0.2, 0) is 10.0 Å². The van der Waals surface area contributed by atoms with Gasteiger partial charge in [0, 0.05) is 41.1 Å². The zero-order valence-electron chi connectivity index (χ0n) is 16.1. The molecular formula is C20H22N4O5S. The van der Waals surface area contributed by atoms with Crippen LogP contribution in [0.2, 0.25) is 0 Å². The maximum absolute atomic E-state index is 13.5. The number of benzene rings is 1. The van der Waals surface area contributed by atoms with Crippen LogP contribution in [0.3, 0.4) is 0 Å². The molecule has 1 saturated carbocycles. The minimum absolute atomic E-state index is 0.00513. The van der Waals surface area contributed by atoms with Crippen LogP contribution < -0.4 is 10.9 Å². The standard InChI is InChI=1S/C20H22N4O5S/c25-19-18-17(15(9-22-18)20(26)27)14-8-13(5-6-16(14)23-19)30(28,29)24(12-3-4-12)10-11-2-1-7-21-11/h5-6,8-9,11-12,21-22H,1-4,7,10H2,(H,23,25)(H,26,27). The zero-order valence-corrected chi connectivity index (χ0v) is 17.0. The Kier molecular flexibility index (Phi) is 4.46. The number of H-pyrrole nitrogens is 2. The fourth-order valence-electron chi connectivity index (χ4n) is 4.31. The lowest BCUT2D eigenvalue weighted by Gasteiger charge is -2.25. The fraction of sp³-hybridized carbons (Fsp3) is 0.400. The molecule has 10 heteroatoms. The van der Waals surface area contributed by atoms with Crippen LogP contribution in [0.25, 0.3) is 21.8 Å². The molecule has 1 atom stereocenters. The summed E-state index contributed by atoms with van der Waals surface area (Å²) in [4.78, 5) is 29.4. The number of aromatic carboxylic acids is 1. The predicted molar refractivity (Wildman–Crippen MR) is 111 cm³/mol. The first-order valence-electron chi connectivity index (χ1n) is 10.0. The summed E-state index contributed by atoms with van der Waals surface area (Å²) in [5.41, 5.74) is -0.00925. The molecule has 1 aliphatic carbocycles. The number of carboxylic acid groups (broad SMARTS) is 1. The van der Waals surface area contributed by atoms with Gasteiger partial charge in [0.2, 0.25) is 10.0 Å². The Morgan fingerprint density at radius 1 is 1.23 bits per heavy atom. The Bertz CT molecular complexity index is 1320. The number of nitrogens with zero attached hydrogens (tertiary/aromatic N) is 1. The molecule has 2 aromatic heterocycles. The molecule has 30 heavy (non-hydrogen) atoms. The van der Waals surface area contributed by atoms with Crippen molar-refractivity contribution in [3.05, 3.63) is 40.3 Å². The summed E-state index contributed by atoms with van der Waals surface area (Å²) in [6.07, 6.45) is 4.93. The van der Waals surface area contributed by atoms with Crippen molar-refractivity contribution in [2.75, 3.05) is 13.1 Å². The van der Waals surface area contributed by atoms with Gasteiger partial charge in [0.05, 0.1) is 10.5 Å². The van der Waals surface area contributed by atoms with E-state index >= 15 is 0 Å². The Labute approximate surface area is 172 Å². The van der Waals surface area contributed by atoms with Crippen LogP contribution in [0, 0.1) is 0 Å². The molecule has 0 bridgehead atoms. The van der Waals surface area contributed by atoms with E-state index in [1.54, 1.807) is 4.31 Å². The molecule has 0 spiro atoms. The third-order valence-corrected chi connectivity index (χ3v) is 7.88. The van der Waals surface area contributed by atoms with E-state index in [0.717, 1.165) is 32.2 Å². The molecule has 2 fully saturated rings. The lowest BCUT2D eigenvalue weighted by molar-refractivity contribution is 0.0699. The number of pyridine rings is 1. The van der Waals surface area contributed by atoms with Gasteiger partial charge in [0.1, 0.15) is 5.52 Å². The van der Waals surface area contributed by atoms with Crippen molar-refractivity contribution in [3.8, 4) is 0 Å². The highest BCUT2D eigenvalue weighted by Gasteiger charge is 2.39. The van der Waals surface area contributed by atoms with Gasteiger partial charge in [0.15, 0.2) is 0 Å². The zero-order chi connectivity index (χ0) is 21.0. The van der Waals surface area contributed by atoms with Crippen LogP contribution in [0.5, 0.6) is 0 Å². The largest absolute Gasteiger partial charge is 0.478 e. The summed E-state index contributed by atoms with van der Waals surface area (Å²) >= 11 is 0. The monoisotopic (exact) mass is 430 g/mol. The lowest BCUT2D eigenvalue weighted by atomic mass is 10.1. The van der Waals surface area contributed by atoms with Gasteiger partial charge in [-0.05, 0) is 50.4 Å². The Balaban J connectivity index is 1.65. The molecule has 5 rings (SSSR count). The fourth-order valence-corrected chi connectivity index (χ4v) is 6.06. The number of rotatable bonds is 6. The summed E-state index contributed by atoms with van der Waals surface area (Å²) in [5, 5.41) is 13.5. The smallest absolute Gasteiger partial charge is 0.337 e. The van der Waals surface area contributed by atoms with E-state index in [1.807, 2.05) is 0 Å². The summed E-state index contributed by atoms with van der Waals surface area (Å²) in [6, 6.07) is 4.63. The second-order valence-corrected chi connectivity index (χ2v) is 9.91. The Morgan fingerprint density at radius 3 is 2.70 bits per heavy atom. The SMILES string of the molecule is O=C(O)c1c[nH]c2c(=O)[nH]c3ccc(S(=O)(=O)N(CC4CCCN4)C4CC4)cc3c12. The van der Waals surface area contributed by atoms with E-state index in [4.69, 9.17) is 0 Å². The van der Waals surface area contributed by atoms with Crippen molar-refractivity contribution < 1.29 is 18.3 Å². The second kappa shape index (κ2) is 6.93. The van der Waals surface area contributed by atoms with Gasteiger partial charge in [-0.2, -0.15) is 4.31 Å². The number of sulfonamides is 1. The summed E-state index contributed by atoms with van der Waals surface area (Å²) in [6.45, 7) is 1.33. The molecule has 1 aliphatic heterocycles. The quantitative estimate of drug-likeness (QED) is 0.469. The van der Waals surface area contributed by atoms with Crippen molar-refractivity contribution in [2.45, 2.75) is 42.7 Å². The number of hydrogen-bond donors (Lipinski definition) is 4. The maximum atomic E-state index is 13.5. The number of carboxylic acids is 1. The highest BCUT2D eigenvalue weighted by Crippen LogP contribution is 2.34. The van der Waals surface area contributed by atoms with Crippen LogP contribution in [0.4, 0.5) is 0 Å². The van der Waals surface area contributed by atoms with Crippen molar-refractivity contribution in [3.63, 3.8) is 0 Å². The van der Waals surface area contributed by atoms with E-state index in [0.29, 0.717) is 17.4 Å². The third-order valence-electron chi connectivity index (χ3n) is 5.97. The van der Waals surface area contributed by atoms with Crippen LogP contribution in [0.15, 0.2) is 34.1 Å². The number of fused-ring (bicyclic) bond motifs is 3. The molecule has 4 N–H and O–H groups in total. The third kappa shape index (κ3) is 3.11. The molecule has 1 saturated heterocycles. The van der Waals surface area contributed by atoms with Gasteiger partial charge >= 0.3 is 5.97 Å². The molecule has 1 unspecified atom stereocenters. The Hall–Kier alpha value is -2.69. The molecular weight excluding hydrogens is 408 g/mol. The van der Waals surface area contributed by atoms with Gasteiger partial charge in [-0.15, -0.1) is 0 Å². The van der Waals surface area contributed by atoms with Gasteiger partial charge in [-0.25, -0.2) is 13.2 Å². The molecule has 2 aliphatic rings. The molecule has 0 radical (unpaired) electrons. The molecule has 3 heterocycles. The first-order valence-corrected chi connectivity index (χ1v) is 11.5. The average Bonchev–Trinajstić information content (AvgIpc) is 3.22. The van der Waals surface area contributed by atoms with E-state index < -0.39 is 21.6 Å². The van der Waals surface area contributed by atoms with Crippen molar-refractivity contribution in [2.24, 2.45) is 0 Å². The Morgan fingerprint density at radius 2 is 2.03 bits per heavy atom. The molecule has 158 valence electrons. The number of aromatic amines is 2. The topological polar surface area (TPSA) is 135 Å². The number of aromatic nitrogens is 2. The number of nitrogens with one attached hydrogen (secondary N) is 3. The highest BCUT2D eigenvalue weighted by atomic mass is 32.2. The number of hydrogen-bond acceptors (Lipinski definition) is 5. The van der Waals surface area contributed by atoms with Gasteiger partial charge in [0.25, 0.3) is 5.56 Å². The first-order chi connectivity index (χ1) is 14.4. The minimum Gasteiger partial charge on any atom is -0.478 e. The van der Waals surface area contributed by atoms with E-state index in [9.17, 15) is 23.1 Å². The highest BCUT2D eigenvalue weighted by molar-refractivity contribution is 7.89. The molecule has 9 nitrogen and oxygen atoms in total. The van der Waals surface area contributed by atoms with Gasteiger partial charge in [-0.1, -0.05) is 0 Å². The number of carbonyl (C=O) groups is 1. The van der Waals surface area contributed by atoms with Crippen molar-refractivity contribution >= 4 is 37.8 Å². The van der Waals surface area contributed by atoms with Crippen molar-refractivity contribution in [1.29, 1.82) is 0 Å². The van der Waals surface area contributed by atoms with Crippen LogP contribution >= 0.6 is 0 Å². The van der Waals surface area contributed by atoms with Gasteiger partial charge in [-0.3, -0.25) is 4.79 Å². The first kappa shape index (κ1) is 19.3. The van der Waals surface area contributed by atoms with E-state index in [-0.39, 0.29) is 33.4 Å². The van der Waals surface area contributed by atoms with Gasteiger partial charge < -0.3 is 20.4 Å². The summed E-state index contributed by atoms with van der Waals surface area (Å²) < 4.78 is 28.6. The summed E-state index contributed by atoms with van der Waals surface area (Å²) in [5.74, 6) is -1.19. The maximum Gasteiger partial charge on any atom is 0.337 e. The van der Waals surface area contributed by atoms with Crippen LogP contribution in [-0.4, -0.2) is 58.9 Å². The predicted octanol–water partition coefficient (Wildman–Crippen LogP) is 1.61. The van der Waals surface area contributed by atoms with E-state index in [2.05, 4.69) is 15.3 Å². The second-order valence-electron chi connectivity index (χ2n) is 8.02.